The van der Waals surface area contributed by atoms with Crippen LogP contribution in [0.4, 0.5) is 85.0 Å². The molecule has 0 unspecified atom stereocenters. The molecule has 1 aromatic heterocycles. The standard InChI is InChI=1S/C15H10F18N4/c1-3-37(4-2)7-35-5(8(10(16,17)18,11(19,20)21)12(22,23)24)34-6(36-7)9(13(25,26)27,14(28,29)30)15(31,32)33/h3-4H2,1-2H3. The van der Waals surface area contributed by atoms with Crippen LogP contribution >= 0.6 is 0 Å². The smallest absolute Gasteiger partial charge is 0.341 e. The lowest BCUT2D eigenvalue weighted by atomic mass is 9.82. The van der Waals surface area contributed by atoms with Gasteiger partial charge in [-0.3, -0.25) is 0 Å². The summed E-state index contributed by atoms with van der Waals surface area (Å²) in [6.45, 7) is 0.0738. The molecule has 0 aliphatic heterocycles. The summed E-state index contributed by atoms with van der Waals surface area (Å²) in [6.07, 6.45) is -46.2. The van der Waals surface area contributed by atoms with Gasteiger partial charge >= 0.3 is 47.9 Å². The van der Waals surface area contributed by atoms with Gasteiger partial charge in [0.1, 0.15) is 0 Å². The summed E-state index contributed by atoms with van der Waals surface area (Å²) in [5, 5.41) is 0. The van der Waals surface area contributed by atoms with Crippen LogP contribution in [0.25, 0.3) is 0 Å². The number of anilines is 1. The molecule has 0 spiro atoms. The summed E-state index contributed by atoms with van der Waals surface area (Å²) < 4.78 is 242. The highest BCUT2D eigenvalue weighted by molar-refractivity contribution is 5.36. The first-order valence-corrected chi connectivity index (χ1v) is 9.01. The van der Waals surface area contributed by atoms with Crippen LogP contribution in [0.1, 0.15) is 25.5 Å². The molecule has 1 aromatic rings. The Hall–Kier alpha value is -2.45. The topological polar surface area (TPSA) is 41.9 Å². The summed E-state index contributed by atoms with van der Waals surface area (Å²) in [6, 6.07) is 0. The van der Waals surface area contributed by atoms with E-state index in [1.807, 2.05) is 0 Å². The fourth-order valence-electron chi connectivity index (χ4n) is 3.07. The number of hydrogen-bond acceptors (Lipinski definition) is 4. The zero-order valence-electron chi connectivity index (χ0n) is 17.5. The Morgan fingerprint density at radius 3 is 0.811 bits per heavy atom. The largest absolute Gasteiger partial charge is 0.419 e. The van der Waals surface area contributed by atoms with E-state index in [0.29, 0.717) is 0 Å². The highest BCUT2D eigenvalue weighted by Gasteiger charge is 2.89. The molecule has 216 valence electrons. The maximum Gasteiger partial charge on any atom is 0.419 e. The van der Waals surface area contributed by atoms with Crippen LogP contribution < -0.4 is 4.90 Å². The third-order valence-electron chi connectivity index (χ3n) is 4.89. The average molecular weight is 588 g/mol. The van der Waals surface area contributed by atoms with Gasteiger partial charge in [0.15, 0.2) is 11.6 Å². The first kappa shape index (κ1) is 32.6. The van der Waals surface area contributed by atoms with Gasteiger partial charge in [-0.2, -0.15) is 89.0 Å². The zero-order chi connectivity index (χ0) is 29.8. The molecule has 0 atom stereocenters. The van der Waals surface area contributed by atoms with E-state index in [-0.39, 0.29) is 4.90 Å². The van der Waals surface area contributed by atoms with Crippen LogP contribution in [-0.2, 0) is 10.8 Å². The van der Waals surface area contributed by atoms with E-state index in [0.717, 1.165) is 13.8 Å². The molecule has 0 radical (unpaired) electrons. The lowest BCUT2D eigenvalue weighted by molar-refractivity contribution is -0.391. The molecule has 0 aromatic carbocycles. The van der Waals surface area contributed by atoms with Crippen LogP contribution in [0.3, 0.4) is 0 Å². The molecule has 4 nitrogen and oxygen atoms in total. The molecule has 22 heteroatoms. The molecule has 0 amide bonds. The number of hydrogen-bond donors (Lipinski definition) is 0. The number of aromatic nitrogens is 3. The second-order valence-corrected chi connectivity index (χ2v) is 6.94. The number of nitrogens with zero attached hydrogens (tertiary/aromatic N) is 4. The number of halogens is 18. The average Bonchev–Trinajstić information content (AvgIpc) is 2.55. The van der Waals surface area contributed by atoms with Crippen molar-refractivity contribution in [3.05, 3.63) is 11.6 Å². The van der Waals surface area contributed by atoms with Gasteiger partial charge in [-0.15, -0.1) is 0 Å². The summed E-state index contributed by atoms with van der Waals surface area (Å²) in [5.41, 5.74) is -14.9. The molecule has 1 rings (SSSR count). The quantitative estimate of drug-likeness (QED) is 0.366. The second kappa shape index (κ2) is 9.09. The van der Waals surface area contributed by atoms with Crippen molar-refractivity contribution in [3.8, 4) is 0 Å². The highest BCUT2D eigenvalue weighted by Crippen LogP contribution is 2.62. The van der Waals surface area contributed by atoms with Crippen molar-refractivity contribution in [3.63, 3.8) is 0 Å². The van der Waals surface area contributed by atoms with Gasteiger partial charge < -0.3 is 4.90 Å². The Labute approximate surface area is 192 Å². The molecule has 0 N–H and O–H groups in total. The van der Waals surface area contributed by atoms with Gasteiger partial charge in [0.05, 0.1) is 0 Å². The summed E-state index contributed by atoms with van der Waals surface area (Å²) in [5.74, 6) is -10.1. The lowest BCUT2D eigenvalue weighted by Crippen LogP contribution is -2.66. The van der Waals surface area contributed by atoms with Gasteiger partial charge in [0.25, 0.3) is 0 Å². The normalized spacial score (nSPS) is 15.2. The van der Waals surface area contributed by atoms with Crippen molar-refractivity contribution in [2.45, 2.75) is 61.7 Å². The zero-order valence-corrected chi connectivity index (χ0v) is 17.5. The van der Waals surface area contributed by atoms with Crippen molar-refractivity contribution < 1.29 is 79.0 Å². The number of alkyl halides is 18. The van der Waals surface area contributed by atoms with Crippen LogP contribution in [0.2, 0.25) is 0 Å². The lowest BCUT2D eigenvalue weighted by Gasteiger charge is -2.40. The van der Waals surface area contributed by atoms with Crippen molar-refractivity contribution in [1.29, 1.82) is 0 Å². The van der Waals surface area contributed by atoms with E-state index in [4.69, 9.17) is 0 Å². The fraction of sp³-hybridized carbons (Fsp3) is 0.800. The van der Waals surface area contributed by atoms with Crippen molar-refractivity contribution in [1.82, 2.24) is 15.0 Å². The van der Waals surface area contributed by atoms with Gasteiger partial charge in [-0.25, -0.2) is 4.98 Å². The summed E-state index contributed by atoms with van der Waals surface area (Å²) >= 11 is 0. The van der Waals surface area contributed by atoms with Gasteiger partial charge in [-0.05, 0) is 13.8 Å². The molecule has 0 saturated carbocycles. The second-order valence-electron chi connectivity index (χ2n) is 6.94. The SMILES string of the molecule is CCN(CC)c1nc(C(C(F)(F)F)(C(F)(F)F)C(F)(F)F)nc(C(C(F)(F)F)(C(F)(F)F)C(F)(F)F)n1. The van der Waals surface area contributed by atoms with Crippen LogP contribution in [0.5, 0.6) is 0 Å². The van der Waals surface area contributed by atoms with E-state index < -0.39 is 78.6 Å². The Bertz CT molecular complexity index is 804. The van der Waals surface area contributed by atoms with Gasteiger partial charge in [-0.1, -0.05) is 0 Å². The molecular formula is C15H10F18N4. The summed E-state index contributed by atoms with van der Waals surface area (Å²) in [4.78, 5) is 5.75. The molecule has 0 saturated heterocycles. The molecule has 37 heavy (non-hydrogen) atoms. The maximum absolute atomic E-state index is 13.5. The van der Waals surface area contributed by atoms with E-state index >= 15 is 0 Å². The molecule has 0 aliphatic carbocycles. The summed E-state index contributed by atoms with van der Waals surface area (Å²) in [7, 11) is 0. The Kier molecular flexibility index (Phi) is 8.00. The highest BCUT2D eigenvalue weighted by atomic mass is 19.4. The first-order chi connectivity index (χ1) is 16.1. The van der Waals surface area contributed by atoms with Gasteiger partial charge in [0, 0.05) is 13.1 Å². The van der Waals surface area contributed by atoms with Gasteiger partial charge in [0.2, 0.25) is 5.95 Å². The molecule has 0 bridgehead atoms. The third kappa shape index (κ3) is 4.78. The first-order valence-electron chi connectivity index (χ1n) is 9.01. The van der Waals surface area contributed by atoms with E-state index in [1.54, 1.807) is 0 Å². The van der Waals surface area contributed by atoms with Crippen molar-refractivity contribution in [2.75, 3.05) is 18.0 Å². The van der Waals surface area contributed by atoms with E-state index in [1.165, 1.54) is 4.98 Å². The minimum Gasteiger partial charge on any atom is -0.341 e. The Morgan fingerprint density at radius 1 is 0.432 bits per heavy atom. The van der Waals surface area contributed by atoms with Crippen molar-refractivity contribution >= 4 is 5.95 Å². The molecule has 0 aliphatic rings. The van der Waals surface area contributed by atoms with Crippen molar-refractivity contribution in [2.24, 2.45) is 0 Å². The molecule has 1 heterocycles. The Morgan fingerprint density at radius 2 is 0.649 bits per heavy atom. The predicted octanol–water partition coefficient (Wildman–Crippen LogP) is 6.57. The van der Waals surface area contributed by atoms with Crippen LogP contribution in [0, 0.1) is 0 Å². The monoisotopic (exact) mass is 588 g/mol. The fourth-order valence-corrected chi connectivity index (χ4v) is 3.07. The van der Waals surface area contributed by atoms with E-state index in [9.17, 15) is 79.0 Å². The maximum atomic E-state index is 13.5. The van der Waals surface area contributed by atoms with Crippen LogP contribution in [0.15, 0.2) is 0 Å². The predicted molar refractivity (Wildman–Crippen MR) is 83.1 cm³/mol. The minimum absolute atomic E-state index is 0.0937. The minimum atomic E-state index is -7.69. The number of rotatable bonds is 5. The Balaban J connectivity index is 4.68. The molecular weight excluding hydrogens is 578 g/mol. The third-order valence-corrected chi connectivity index (χ3v) is 4.89. The van der Waals surface area contributed by atoms with Crippen LogP contribution in [-0.4, -0.2) is 65.1 Å². The molecule has 0 fully saturated rings. The van der Waals surface area contributed by atoms with E-state index in [2.05, 4.69) is 9.97 Å².